The van der Waals surface area contributed by atoms with Gasteiger partial charge < -0.3 is 5.11 Å². The fourth-order valence-corrected chi connectivity index (χ4v) is 3.40. The summed E-state index contributed by atoms with van der Waals surface area (Å²) >= 11 is 13.3. The Kier molecular flexibility index (Phi) is 5.25. The Morgan fingerprint density at radius 3 is 2.53 bits per heavy atom. The lowest BCUT2D eigenvalue weighted by atomic mass is 10.1. The third-order valence-electron chi connectivity index (χ3n) is 2.91. The van der Waals surface area contributed by atoms with Crippen LogP contribution in [-0.4, -0.2) is 29.1 Å². The summed E-state index contributed by atoms with van der Waals surface area (Å²) in [6, 6.07) is 1.21. The Morgan fingerprint density at radius 2 is 2.18 bits per heavy atom. The molecule has 0 aliphatic heterocycles. The van der Waals surface area contributed by atoms with Crippen molar-refractivity contribution in [3.05, 3.63) is 20.3 Å². The maximum atomic E-state index is 11.1. The largest absolute Gasteiger partial charge is 0.480 e. The molecule has 96 valence electrons. The quantitative estimate of drug-likeness (QED) is 0.895. The SMILES string of the molecule is CCC(C(=O)O)N(C)C(C)c1cc(Cl)sc1Cl. The fourth-order valence-electron chi connectivity index (χ4n) is 1.76. The van der Waals surface area contributed by atoms with E-state index in [0.717, 1.165) is 5.56 Å². The molecule has 17 heavy (non-hydrogen) atoms. The van der Waals surface area contributed by atoms with Crippen molar-refractivity contribution in [1.29, 1.82) is 0 Å². The Labute approximate surface area is 115 Å². The third kappa shape index (κ3) is 3.35. The second-order valence-corrected chi connectivity index (χ2v) is 6.17. The van der Waals surface area contributed by atoms with E-state index in [1.165, 1.54) is 11.3 Å². The summed E-state index contributed by atoms with van der Waals surface area (Å²) in [4.78, 5) is 12.9. The zero-order valence-corrected chi connectivity index (χ0v) is 12.2. The molecule has 1 rings (SSSR count). The summed E-state index contributed by atoms with van der Waals surface area (Å²) in [5.74, 6) is -0.820. The second-order valence-electron chi connectivity index (χ2n) is 3.88. The van der Waals surface area contributed by atoms with Crippen molar-refractivity contribution in [2.75, 3.05) is 7.05 Å². The lowest BCUT2D eigenvalue weighted by Crippen LogP contribution is -2.39. The van der Waals surface area contributed by atoms with E-state index in [2.05, 4.69) is 0 Å². The van der Waals surface area contributed by atoms with E-state index in [4.69, 9.17) is 28.3 Å². The van der Waals surface area contributed by atoms with Crippen LogP contribution < -0.4 is 0 Å². The number of carboxylic acid groups (broad SMARTS) is 1. The van der Waals surface area contributed by atoms with E-state index < -0.39 is 12.0 Å². The van der Waals surface area contributed by atoms with Gasteiger partial charge in [-0.15, -0.1) is 11.3 Å². The lowest BCUT2D eigenvalue weighted by Gasteiger charge is -2.29. The number of aliphatic carboxylic acids is 1. The number of carbonyl (C=O) groups is 1. The minimum Gasteiger partial charge on any atom is -0.480 e. The van der Waals surface area contributed by atoms with Gasteiger partial charge in [-0.1, -0.05) is 30.1 Å². The van der Waals surface area contributed by atoms with Crippen LogP contribution in [0.1, 0.15) is 31.9 Å². The molecule has 0 radical (unpaired) electrons. The van der Waals surface area contributed by atoms with Crippen molar-refractivity contribution in [3.63, 3.8) is 0 Å². The monoisotopic (exact) mass is 295 g/mol. The van der Waals surface area contributed by atoms with Crippen LogP contribution in [0.15, 0.2) is 6.07 Å². The normalized spacial score (nSPS) is 14.9. The van der Waals surface area contributed by atoms with Gasteiger partial charge in [0.25, 0.3) is 0 Å². The molecule has 0 aromatic carbocycles. The molecular weight excluding hydrogens is 281 g/mol. The van der Waals surface area contributed by atoms with Gasteiger partial charge in [-0.25, -0.2) is 0 Å². The number of carboxylic acids is 1. The molecule has 2 atom stereocenters. The first-order valence-electron chi connectivity index (χ1n) is 5.27. The molecule has 1 aromatic rings. The van der Waals surface area contributed by atoms with Gasteiger partial charge in [0, 0.05) is 11.6 Å². The number of halogens is 2. The van der Waals surface area contributed by atoms with Crippen LogP contribution in [0.2, 0.25) is 8.67 Å². The minimum atomic E-state index is -0.820. The predicted octanol–water partition coefficient (Wildman–Crippen LogP) is 3.91. The van der Waals surface area contributed by atoms with Gasteiger partial charge in [0.15, 0.2) is 0 Å². The Hall–Kier alpha value is -0.290. The van der Waals surface area contributed by atoms with Crippen LogP contribution in [-0.2, 0) is 4.79 Å². The average molecular weight is 296 g/mol. The molecular formula is C11H15Cl2NO2S. The van der Waals surface area contributed by atoms with Crippen LogP contribution in [0.5, 0.6) is 0 Å². The highest BCUT2D eigenvalue weighted by Crippen LogP contribution is 2.37. The fraction of sp³-hybridized carbons (Fsp3) is 0.545. The highest BCUT2D eigenvalue weighted by atomic mass is 35.5. The highest BCUT2D eigenvalue weighted by Gasteiger charge is 2.27. The van der Waals surface area contributed by atoms with Crippen LogP contribution >= 0.6 is 34.5 Å². The summed E-state index contributed by atoms with van der Waals surface area (Å²) in [5, 5.41) is 9.12. The van der Waals surface area contributed by atoms with Crippen molar-refractivity contribution in [2.24, 2.45) is 0 Å². The van der Waals surface area contributed by atoms with Gasteiger partial charge in [-0.2, -0.15) is 0 Å². The second kappa shape index (κ2) is 6.05. The van der Waals surface area contributed by atoms with Crippen LogP contribution in [0, 0.1) is 0 Å². The molecule has 0 spiro atoms. The maximum Gasteiger partial charge on any atom is 0.320 e. The first-order chi connectivity index (χ1) is 7.88. The Balaban J connectivity index is 2.92. The van der Waals surface area contributed by atoms with Crippen LogP contribution in [0.3, 0.4) is 0 Å². The van der Waals surface area contributed by atoms with Crippen LogP contribution in [0.4, 0.5) is 0 Å². The number of rotatable bonds is 5. The average Bonchev–Trinajstić information content (AvgIpc) is 2.57. The molecule has 3 nitrogen and oxygen atoms in total. The number of nitrogens with zero attached hydrogens (tertiary/aromatic N) is 1. The van der Waals surface area contributed by atoms with Crippen molar-refractivity contribution in [3.8, 4) is 0 Å². The van der Waals surface area contributed by atoms with E-state index in [-0.39, 0.29) is 6.04 Å². The van der Waals surface area contributed by atoms with E-state index in [9.17, 15) is 4.79 Å². The first kappa shape index (κ1) is 14.8. The highest BCUT2D eigenvalue weighted by molar-refractivity contribution is 7.20. The summed E-state index contributed by atoms with van der Waals surface area (Å²) in [6.45, 7) is 3.78. The molecule has 0 saturated heterocycles. The van der Waals surface area contributed by atoms with Gasteiger partial charge in [0.05, 0.1) is 8.67 Å². The van der Waals surface area contributed by atoms with Gasteiger partial charge >= 0.3 is 5.97 Å². The zero-order valence-electron chi connectivity index (χ0n) is 9.91. The van der Waals surface area contributed by atoms with Crippen molar-refractivity contribution in [2.45, 2.75) is 32.4 Å². The Morgan fingerprint density at radius 1 is 1.59 bits per heavy atom. The molecule has 2 unspecified atom stereocenters. The molecule has 0 amide bonds. The number of hydrogen-bond acceptors (Lipinski definition) is 3. The molecule has 0 bridgehead atoms. The summed E-state index contributed by atoms with van der Waals surface area (Å²) in [5.41, 5.74) is 0.879. The predicted molar refractivity (Wildman–Crippen MR) is 72.2 cm³/mol. The zero-order chi connectivity index (χ0) is 13.2. The molecule has 1 N–H and O–H groups in total. The standard InChI is InChI=1S/C11H15Cl2NO2S/c1-4-8(11(15)16)14(3)6(2)7-5-9(12)17-10(7)13/h5-6,8H,4H2,1-3H3,(H,15,16). The summed E-state index contributed by atoms with van der Waals surface area (Å²) in [6.07, 6.45) is 0.547. The molecule has 1 heterocycles. The minimum absolute atomic E-state index is 0.0766. The van der Waals surface area contributed by atoms with Crippen molar-refractivity contribution < 1.29 is 9.90 Å². The molecule has 0 aliphatic rings. The summed E-state index contributed by atoms with van der Waals surface area (Å²) in [7, 11) is 1.79. The topological polar surface area (TPSA) is 40.5 Å². The van der Waals surface area contributed by atoms with Gasteiger partial charge in [-0.3, -0.25) is 9.69 Å². The smallest absolute Gasteiger partial charge is 0.320 e. The number of hydrogen-bond donors (Lipinski definition) is 1. The molecule has 0 fully saturated rings. The van der Waals surface area contributed by atoms with Crippen molar-refractivity contribution >= 4 is 40.5 Å². The van der Waals surface area contributed by atoms with Gasteiger partial charge in [0.1, 0.15) is 6.04 Å². The molecule has 6 heteroatoms. The first-order valence-corrected chi connectivity index (χ1v) is 6.85. The lowest BCUT2D eigenvalue weighted by molar-refractivity contribution is -0.143. The van der Waals surface area contributed by atoms with E-state index >= 15 is 0 Å². The van der Waals surface area contributed by atoms with E-state index in [0.29, 0.717) is 15.1 Å². The number of thiophene rings is 1. The van der Waals surface area contributed by atoms with Gasteiger partial charge in [0.2, 0.25) is 0 Å². The van der Waals surface area contributed by atoms with E-state index in [1.54, 1.807) is 18.0 Å². The molecule has 1 aromatic heterocycles. The van der Waals surface area contributed by atoms with E-state index in [1.807, 2.05) is 13.8 Å². The van der Waals surface area contributed by atoms with Crippen molar-refractivity contribution in [1.82, 2.24) is 4.90 Å². The molecule has 0 aliphatic carbocycles. The Bertz CT molecular complexity index is 408. The maximum absolute atomic E-state index is 11.1. The molecule has 0 saturated carbocycles. The van der Waals surface area contributed by atoms with Gasteiger partial charge in [-0.05, 0) is 26.5 Å². The summed E-state index contributed by atoms with van der Waals surface area (Å²) < 4.78 is 1.24. The third-order valence-corrected chi connectivity index (χ3v) is 4.43. The van der Waals surface area contributed by atoms with Crippen LogP contribution in [0.25, 0.3) is 0 Å². The number of likely N-dealkylation sites (N-methyl/N-ethyl adjacent to an activating group) is 1.